The molecule has 0 bridgehead atoms. The zero-order chi connectivity index (χ0) is 15.1. The van der Waals surface area contributed by atoms with Crippen molar-refractivity contribution in [1.82, 2.24) is 4.90 Å². The van der Waals surface area contributed by atoms with E-state index >= 15 is 0 Å². The van der Waals surface area contributed by atoms with Crippen molar-refractivity contribution in [3.63, 3.8) is 0 Å². The molecule has 0 radical (unpaired) electrons. The molecular formula is C13H27N3O3. The fraction of sp³-hybridized carbons (Fsp3) is 0.846. The molecule has 0 aliphatic heterocycles. The minimum absolute atomic E-state index is 0.0698. The van der Waals surface area contributed by atoms with Crippen molar-refractivity contribution in [2.45, 2.75) is 52.1 Å². The largest absolute Gasteiger partial charge is 0.478 e. The maximum atomic E-state index is 11.9. The van der Waals surface area contributed by atoms with E-state index < -0.39 is 17.5 Å². The lowest BCUT2D eigenvalue weighted by Gasteiger charge is -2.38. The molecule has 112 valence electrons. The van der Waals surface area contributed by atoms with Crippen LogP contribution >= 0.6 is 0 Å². The summed E-state index contributed by atoms with van der Waals surface area (Å²) in [6, 6.07) is 0. The average molecular weight is 273 g/mol. The molecule has 0 saturated carbocycles. The standard InChI is InChI=1S/C13H27N3O3/c1-4-5-6-7-16(11(17)9-14)13(15,12(18)19)8-10(2)3/h10H,4-9,14-15H2,1-3H3,(H,18,19). The predicted molar refractivity (Wildman–Crippen MR) is 74.3 cm³/mol. The van der Waals surface area contributed by atoms with Crippen LogP contribution in [0.4, 0.5) is 0 Å². The highest BCUT2D eigenvalue weighted by atomic mass is 16.4. The highest BCUT2D eigenvalue weighted by molar-refractivity contribution is 5.87. The Labute approximate surface area is 115 Å². The van der Waals surface area contributed by atoms with E-state index in [-0.39, 0.29) is 18.9 Å². The molecule has 0 aromatic carbocycles. The number of carbonyl (C=O) groups is 2. The lowest BCUT2D eigenvalue weighted by molar-refractivity contribution is -0.160. The Kier molecular flexibility index (Phi) is 7.63. The number of rotatable bonds is 9. The van der Waals surface area contributed by atoms with Gasteiger partial charge in [0.1, 0.15) is 0 Å². The zero-order valence-corrected chi connectivity index (χ0v) is 12.2. The summed E-state index contributed by atoms with van der Waals surface area (Å²) < 4.78 is 0. The van der Waals surface area contributed by atoms with Gasteiger partial charge in [-0.2, -0.15) is 0 Å². The highest BCUT2D eigenvalue weighted by Crippen LogP contribution is 2.21. The smallest absolute Gasteiger partial charge is 0.344 e. The molecule has 0 fully saturated rings. The second kappa shape index (κ2) is 8.12. The van der Waals surface area contributed by atoms with E-state index in [0.29, 0.717) is 6.54 Å². The number of nitrogens with zero attached hydrogens (tertiary/aromatic N) is 1. The van der Waals surface area contributed by atoms with Crippen LogP contribution in [-0.4, -0.2) is 40.6 Å². The van der Waals surface area contributed by atoms with Gasteiger partial charge in [0.15, 0.2) is 5.66 Å². The van der Waals surface area contributed by atoms with E-state index in [4.69, 9.17) is 11.5 Å². The van der Waals surface area contributed by atoms with Crippen molar-refractivity contribution in [2.24, 2.45) is 17.4 Å². The Balaban J connectivity index is 5.12. The molecule has 0 heterocycles. The Morgan fingerprint density at radius 2 is 1.89 bits per heavy atom. The van der Waals surface area contributed by atoms with Crippen LogP contribution in [0, 0.1) is 5.92 Å². The van der Waals surface area contributed by atoms with Gasteiger partial charge in [0.25, 0.3) is 0 Å². The van der Waals surface area contributed by atoms with Gasteiger partial charge in [-0.05, 0) is 18.8 Å². The number of hydrogen-bond donors (Lipinski definition) is 3. The lowest BCUT2D eigenvalue weighted by Crippen LogP contribution is -2.65. The molecule has 0 rings (SSSR count). The van der Waals surface area contributed by atoms with Gasteiger partial charge in [-0.25, -0.2) is 4.79 Å². The highest BCUT2D eigenvalue weighted by Gasteiger charge is 2.42. The minimum Gasteiger partial charge on any atom is -0.478 e. The van der Waals surface area contributed by atoms with Crippen LogP contribution in [0.1, 0.15) is 46.5 Å². The summed E-state index contributed by atoms with van der Waals surface area (Å²) >= 11 is 0. The van der Waals surface area contributed by atoms with Crippen molar-refractivity contribution in [1.29, 1.82) is 0 Å². The summed E-state index contributed by atoms with van der Waals surface area (Å²) in [5.74, 6) is -1.53. The van der Waals surface area contributed by atoms with Gasteiger partial charge in [0, 0.05) is 6.54 Å². The predicted octanol–water partition coefficient (Wildman–Crippen LogP) is 0.750. The van der Waals surface area contributed by atoms with Crippen LogP contribution in [-0.2, 0) is 9.59 Å². The number of carboxylic acid groups (broad SMARTS) is 1. The molecule has 19 heavy (non-hydrogen) atoms. The molecule has 1 atom stereocenters. The van der Waals surface area contributed by atoms with Gasteiger partial charge in [0.2, 0.25) is 5.91 Å². The second-order valence-corrected chi connectivity index (χ2v) is 5.28. The number of unbranched alkanes of at least 4 members (excludes halogenated alkanes) is 2. The summed E-state index contributed by atoms with van der Waals surface area (Å²) in [4.78, 5) is 24.6. The molecule has 0 aliphatic carbocycles. The summed E-state index contributed by atoms with van der Waals surface area (Å²) in [6.07, 6.45) is 2.85. The number of nitrogens with two attached hydrogens (primary N) is 2. The van der Waals surface area contributed by atoms with E-state index in [9.17, 15) is 14.7 Å². The van der Waals surface area contributed by atoms with E-state index in [1.165, 1.54) is 4.90 Å². The van der Waals surface area contributed by atoms with Crippen molar-refractivity contribution >= 4 is 11.9 Å². The third kappa shape index (κ3) is 5.16. The van der Waals surface area contributed by atoms with Crippen LogP contribution in [0.25, 0.3) is 0 Å². The van der Waals surface area contributed by atoms with E-state index in [1.54, 1.807) is 0 Å². The van der Waals surface area contributed by atoms with Crippen LogP contribution in [0.5, 0.6) is 0 Å². The number of amides is 1. The maximum absolute atomic E-state index is 11.9. The Morgan fingerprint density at radius 1 is 1.32 bits per heavy atom. The van der Waals surface area contributed by atoms with Crippen LogP contribution in [0.3, 0.4) is 0 Å². The van der Waals surface area contributed by atoms with Gasteiger partial charge in [-0.15, -0.1) is 0 Å². The van der Waals surface area contributed by atoms with Crippen molar-refractivity contribution < 1.29 is 14.7 Å². The van der Waals surface area contributed by atoms with Crippen molar-refractivity contribution in [2.75, 3.05) is 13.1 Å². The van der Waals surface area contributed by atoms with Crippen molar-refractivity contribution in [3.8, 4) is 0 Å². The summed E-state index contributed by atoms with van der Waals surface area (Å²) in [5, 5.41) is 9.39. The first-order chi connectivity index (χ1) is 8.79. The molecule has 1 amide bonds. The zero-order valence-electron chi connectivity index (χ0n) is 12.2. The topological polar surface area (TPSA) is 110 Å². The fourth-order valence-corrected chi connectivity index (χ4v) is 2.11. The second-order valence-electron chi connectivity index (χ2n) is 5.28. The van der Waals surface area contributed by atoms with Gasteiger partial charge in [-0.3, -0.25) is 10.5 Å². The number of aliphatic carboxylic acids is 1. The number of hydrogen-bond acceptors (Lipinski definition) is 4. The van der Waals surface area contributed by atoms with Gasteiger partial charge in [0.05, 0.1) is 6.54 Å². The summed E-state index contributed by atoms with van der Waals surface area (Å²) in [5.41, 5.74) is 9.69. The molecule has 5 N–H and O–H groups in total. The van der Waals surface area contributed by atoms with Gasteiger partial charge < -0.3 is 15.7 Å². The van der Waals surface area contributed by atoms with Crippen LogP contribution < -0.4 is 11.5 Å². The summed E-state index contributed by atoms with van der Waals surface area (Å²) in [6.45, 7) is 5.90. The SMILES string of the molecule is CCCCCN(C(=O)CN)C(N)(CC(C)C)C(=O)O. The molecule has 0 aromatic heterocycles. The lowest BCUT2D eigenvalue weighted by atomic mass is 9.95. The fourth-order valence-electron chi connectivity index (χ4n) is 2.11. The van der Waals surface area contributed by atoms with Crippen LogP contribution in [0.15, 0.2) is 0 Å². The Bertz CT molecular complexity index is 308. The first-order valence-electron chi connectivity index (χ1n) is 6.82. The monoisotopic (exact) mass is 273 g/mol. The molecular weight excluding hydrogens is 246 g/mol. The molecule has 1 unspecified atom stereocenters. The molecule has 0 spiro atoms. The Hall–Kier alpha value is -1.14. The third-order valence-electron chi connectivity index (χ3n) is 3.03. The molecule has 0 aliphatic rings. The third-order valence-corrected chi connectivity index (χ3v) is 3.03. The van der Waals surface area contributed by atoms with Gasteiger partial charge in [-0.1, -0.05) is 33.6 Å². The first kappa shape index (κ1) is 17.9. The number of carbonyl (C=O) groups excluding carboxylic acids is 1. The van der Waals surface area contributed by atoms with E-state index in [1.807, 2.05) is 20.8 Å². The van der Waals surface area contributed by atoms with Crippen molar-refractivity contribution in [3.05, 3.63) is 0 Å². The van der Waals surface area contributed by atoms with E-state index in [0.717, 1.165) is 19.3 Å². The maximum Gasteiger partial charge on any atom is 0.344 e. The molecule has 6 heteroatoms. The van der Waals surface area contributed by atoms with Gasteiger partial charge >= 0.3 is 5.97 Å². The Morgan fingerprint density at radius 3 is 2.26 bits per heavy atom. The first-order valence-corrected chi connectivity index (χ1v) is 6.82. The van der Waals surface area contributed by atoms with Crippen LogP contribution in [0.2, 0.25) is 0 Å². The average Bonchev–Trinajstić information content (AvgIpc) is 2.32. The normalized spacial score (nSPS) is 14.2. The minimum atomic E-state index is -1.67. The molecule has 0 aromatic rings. The summed E-state index contributed by atoms with van der Waals surface area (Å²) in [7, 11) is 0. The number of carboxylic acids is 1. The molecule has 6 nitrogen and oxygen atoms in total. The quantitative estimate of drug-likeness (QED) is 0.424. The molecule has 0 saturated heterocycles. The van der Waals surface area contributed by atoms with E-state index in [2.05, 4.69) is 0 Å².